The maximum atomic E-state index is 16.5. The second-order valence-electron chi connectivity index (χ2n) is 10.6. The molecular formula is C27H24ClF3N4O6S. The molecule has 2 saturated heterocycles. The molecule has 2 aliphatic heterocycles. The van der Waals surface area contributed by atoms with Crippen LogP contribution in [0.3, 0.4) is 0 Å². The summed E-state index contributed by atoms with van der Waals surface area (Å²) in [7, 11) is -3.43. The lowest BCUT2D eigenvalue weighted by Gasteiger charge is -2.36. The molecule has 0 radical (unpaired) electrons. The summed E-state index contributed by atoms with van der Waals surface area (Å²) in [6.07, 6.45) is -3.15. The lowest BCUT2D eigenvalue weighted by Crippen LogP contribution is -2.41. The number of para-hydroxylation sites is 1. The highest BCUT2D eigenvalue weighted by Crippen LogP contribution is 2.46. The van der Waals surface area contributed by atoms with Crippen LogP contribution in [0.4, 0.5) is 19.0 Å². The van der Waals surface area contributed by atoms with Gasteiger partial charge in [0.2, 0.25) is 5.88 Å². The maximum absolute atomic E-state index is 16.5. The average Bonchev–Trinajstić information content (AvgIpc) is 3.53. The van der Waals surface area contributed by atoms with Crippen molar-refractivity contribution in [3.63, 3.8) is 0 Å². The third-order valence-corrected chi connectivity index (χ3v) is 9.88. The summed E-state index contributed by atoms with van der Waals surface area (Å²) in [5, 5.41) is 10.6. The first kappa shape index (κ1) is 28.5. The Morgan fingerprint density at radius 1 is 1.29 bits per heavy atom. The highest BCUT2D eigenvalue weighted by molar-refractivity contribution is 7.91. The van der Waals surface area contributed by atoms with E-state index in [1.165, 1.54) is 24.1 Å². The number of benzene rings is 1. The lowest BCUT2D eigenvalue weighted by atomic mass is 9.83. The first-order chi connectivity index (χ1) is 19.9. The maximum Gasteiger partial charge on any atom is 0.326 e. The molecule has 0 bridgehead atoms. The van der Waals surface area contributed by atoms with Gasteiger partial charge >= 0.3 is 5.97 Å². The summed E-state index contributed by atoms with van der Waals surface area (Å²) < 4.78 is 80.4. The normalized spacial score (nSPS) is 25.9. The molecule has 5 heterocycles. The number of ether oxygens (including phenoxy) is 1. The number of fused-ring (bicyclic) bond motifs is 3. The van der Waals surface area contributed by atoms with Crippen molar-refractivity contribution in [1.82, 2.24) is 15.0 Å². The van der Waals surface area contributed by atoms with E-state index in [1.54, 1.807) is 24.3 Å². The van der Waals surface area contributed by atoms with Gasteiger partial charge in [-0.1, -0.05) is 30.7 Å². The molecular weight excluding hydrogens is 601 g/mol. The zero-order valence-corrected chi connectivity index (χ0v) is 23.6. The second kappa shape index (κ2) is 10.3. The van der Waals surface area contributed by atoms with Crippen LogP contribution in [0.2, 0.25) is 5.02 Å². The smallest absolute Gasteiger partial charge is 0.326 e. The highest BCUT2D eigenvalue weighted by atomic mass is 35.5. The third-order valence-electron chi connectivity index (χ3n) is 7.84. The number of nitrogens with zero attached hydrogens (tertiary/aromatic N) is 4. The number of aromatic nitrogens is 3. The van der Waals surface area contributed by atoms with Crippen LogP contribution in [0.25, 0.3) is 22.1 Å². The Morgan fingerprint density at radius 2 is 2.05 bits per heavy atom. The fourth-order valence-corrected chi connectivity index (χ4v) is 7.72. The quantitative estimate of drug-likeness (QED) is 0.309. The van der Waals surface area contributed by atoms with E-state index in [2.05, 4.69) is 15.0 Å². The Balaban J connectivity index is 1.38. The number of halogens is 4. The molecule has 222 valence electrons. The van der Waals surface area contributed by atoms with Gasteiger partial charge in [0.05, 0.1) is 28.6 Å². The van der Waals surface area contributed by atoms with Crippen molar-refractivity contribution in [1.29, 1.82) is 0 Å². The van der Waals surface area contributed by atoms with Crippen LogP contribution in [0.5, 0.6) is 5.88 Å². The van der Waals surface area contributed by atoms with Crippen molar-refractivity contribution in [2.75, 3.05) is 23.0 Å². The van der Waals surface area contributed by atoms with Gasteiger partial charge in [-0.25, -0.2) is 41.3 Å². The van der Waals surface area contributed by atoms with Crippen molar-refractivity contribution in [3.05, 3.63) is 52.9 Å². The number of alkyl halides is 3. The van der Waals surface area contributed by atoms with E-state index in [9.17, 15) is 27.1 Å². The van der Waals surface area contributed by atoms with Gasteiger partial charge < -0.3 is 19.2 Å². The molecule has 1 N–H and O–H groups in total. The van der Waals surface area contributed by atoms with Crippen molar-refractivity contribution in [2.45, 2.75) is 44.0 Å². The molecule has 0 spiro atoms. The molecule has 3 aromatic heterocycles. The number of rotatable bonds is 6. The van der Waals surface area contributed by atoms with Crippen molar-refractivity contribution in [2.24, 2.45) is 5.92 Å². The van der Waals surface area contributed by atoms with Crippen LogP contribution >= 0.6 is 11.6 Å². The number of anilines is 1. The fourth-order valence-electron chi connectivity index (χ4n) is 5.76. The van der Waals surface area contributed by atoms with E-state index in [1.807, 2.05) is 0 Å². The number of furan rings is 1. The molecule has 6 rings (SSSR count). The van der Waals surface area contributed by atoms with Gasteiger partial charge in [-0.05, 0) is 18.2 Å². The van der Waals surface area contributed by atoms with Crippen LogP contribution in [0, 0.1) is 5.92 Å². The van der Waals surface area contributed by atoms with Crippen LogP contribution in [0.15, 0.2) is 40.9 Å². The van der Waals surface area contributed by atoms with Crippen LogP contribution in [-0.4, -0.2) is 64.6 Å². The monoisotopic (exact) mass is 624 g/mol. The van der Waals surface area contributed by atoms with Gasteiger partial charge in [0.25, 0.3) is 6.43 Å². The minimum absolute atomic E-state index is 0.0376. The molecule has 10 nitrogen and oxygen atoms in total. The topological polar surface area (TPSA) is 136 Å². The number of sulfone groups is 1. The molecule has 2 aliphatic rings. The molecule has 2 fully saturated rings. The molecule has 4 aromatic rings. The molecule has 0 unspecified atom stereocenters. The third kappa shape index (κ3) is 4.89. The molecule has 1 aromatic carbocycles. The summed E-state index contributed by atoms with van der Waals surface area (Å²) >= 11 is 6.14. The molecule has 0 aliphatic carbocycles. The van der Waals surface area contributed by atoms with Crippen molar-refractivity contribution in [3.8, 4) is 5.88 Å². The Labute approximate surface area is 242 Å². The minimum Gasteiger partial charge on any atom is -0.480 e. The van der Waals surface area contributed by atoms with Gasteiger partial charge in [-0.2, -0.15) is 0 Å². The van der Waals surface area contributed by atoms with Crippen molar-refractivity contribution < 1.29 is 40.6 Å². The minimum atomic E-state index is -3.43. The summed E-state index contributed by atoms with van der Waals surface area (Å²) in [6, 6.07) is 6.74. The molecule has 15 heteroatoms. The number of aliphatic carboxylic acids is 1. The molecule has 0 amide bonds. The van der Waals surface area contributed by atoms with Crippen LogP contribution < -0.4 is 9.64 Å². The number of hydrogen-bond donors (Lipinski definition) is 1. The molecule has 0 saturated carbocycles. The SMILES string of the molecule is C[C@H]1CS(=O)(=O)CC[C@]1(F)c1cc(Cl)cnc1O[C@H]1C[C@@H](C(=O)O)N(c2nc(C(F)F)nc3c2oc2ccccc23)C1. The highest BCUT2D eigenvalue weighted by Gasteiger charge is 2.48. The first-order valence-electron chi connectivity index (χ1n) is 13.0. The predicted octanol–water partition coefficient (Wildman–Crippen LogP) is 5.09. The number of carboxylic acid groups (broad SMARTS) is 1. The fraction of sp³-hybridized carbons (Fsp3) is 0.407. The first-order valence-corrected chi connectivity index (χ1v) is 15.2. The number of hydrogen-bond acceptors (Lipinski definition) is 9. The van der Waals surface area contributed by atoms with Crippen molar-refractivity contribution >= 4 is 55.3 Å². The van der Waals surface area contributed by atoms with E-state index >= 15 is 4.39 Å². The van der Waals surface area contributed by atoms with Gasteiger partial charge in [0.1, 0.15) is 28.9 Å². The number of carbonyl (C=O) groups is 1. The summed E-state index contributed by atoms with van der Waals surface area (Å²) in [5.74, 6) is -4.02. The van der Waals surface area contributed by atoms with Gasteiger partial charge in [0.15, 0.2) is 27.1 Å². The summed E-state index contributed by atoms with van der Waals surface area (Å²) in [5.41, 5.74) is -1.65. The predicted molar refractivity (Wildman–Crippen MR) is 147 cm³/mol. The lowest BCUT2D eigenvalue weighted by molar-refractivity contribution is -0.138. The molecule has 4 atom stereocenters. The largest absolute Gasteiger partial charge is 0.480 e. The number of pyridine rings is 1. The van der Waals surface area contributed by atoms with Gasteiger partial charge in [-0.15, -0.1) is 0 Å². The van der Waals surface area contributed by atoms with E-state index in [-0.39, 0.29) is 64.3 Å². The average molecular weight is 625 g/mol. The Morgan fingerprint density at radius 3 is 2.76 bits per heavy atom. The van der Waals surface area contributed by atoms with Crippen LogP contribution in [0.1, 0.15) is 37.6 Å². The Bertz CT molecular complexity index is 1820. The van der Waals surface area contributed by atoms with E-state index in [4.69, 9.17) is 20.8 Å². The van der Waals surface area contributed by atoms with E-state index < -0.39 is 51.8 Å². The van der Waals surface area contributed by atoms with Gasteiger partial charge in [-0.3, -0.25) is 0 Å². The Kier molecular flexibility index (Phi) is 6.96. The standard InChI is InChI=1S/C27H24ClF3N4O6S/c1-13-12-42(38,39)7-6-27(13,31)17-8-14(28)10-32-25(17)40-15-9-18(26(36)37)35(11-15)24-21-20(33-23(34-24)22(29)30)16-4-2-3-5-19(16)41-21/h2-5,8,10,13,15,18,22H,6-7,9,11-12H2,1H3,(H,36,37)/t13-,15-,18-,27+/m0/s1. The van der Waals surface area contributed by atoms with E-state index in [0.29, 0.717) is 11.0 Å². The zero-order valence-electron chi connectivity index (χ0n) is 22.0. The Hall–Kier alpha value is -3.65. The molecule has 42 heavy (non-hydrogen) atoms. The van der Waals surface area contributed by atoms with Gasteiger partial charge in [0, 0.05) is 30.3 Å². The number of carboxylic acids is 1. The zero-order chi connectivity index (χ0) is 30.0. The van der Waals surface area contributed by atoms with E-state index in [0.717, 1.165) is 0 Å². The second-order valence-corrected chi connectivity index (χ2v) is 13.3. The summed E-state index contributed by atoms with van der Waals surface area (Å²) in [4.78, 5) is 25.8. The summed E-state index contributed by atoms with van der Waals surface area (Å²) in [6.45, 7) is 1.34. The van der Waals surface area contributed by atoms with Crippen LogP contribution in [-0.2, 0) is 20.3 Å².